The maximum absolute atomic E-state index is 12.8. The number of benzene rings is 1. The van der Waals surface area contributed by atoms with Gasteiger partial charge in [-0.25, -0.2) is 0 Å². The van der Waals surface area contributed by atoms with E-state index in [4.69, 9.17) is 4.74 Å². The monoisotopic (exact) mass is 344 g/mol. The third-order valence-corrected chi connectivity index (χ3v) is 6.30. The first kappa shape index (κ1) is 18.3. The fourth-order valence-electron chi connectivity index (χ4n) is 4.36. The van der Waals surface area contributed by atoms with Gasteiger partial charge >= 0.3 is 0 Å². The van der Waals surface area contributed by atoms with E-state index in [0.29, 0.717) is 5.75 Å². The summed E-state index contributed by atoms with van der Waals surface area (Å²) in [6.07, 6.45) is 6.00. The summed E-state index contributed by atoms with van der Waals surface area (Å²) in [5.74, 6) is 1.20. The van der Waals surface area contributed by atoms with E-state index in [9.17, 15) is 9.90 Å². The number of rotatable bonds is 5. The van der Waals surface area contributed by atoms with Gasteiger partial charge in [0.1, 0.15) is 11.5 Å². The zero-order valence-electron chi connectivity index (χ0n) is 16.3. The molecule has 3 nitrogen and oxygen atoms in total. The molecule has 0 amide bonds. The van der Waals surface area contributed by atoms with Crippen LogP contribution in [-0.4, -0.2) is 17.0 Å². The lowest BCUT2D eigenvalue weighted by Gasteiger charge is -2.34. The van der Waals surface area contributed by atoms with Gasteiger partial charge in [0.2, 0.25) is 0 Å². The zero-order chi connectivity index (χ0) is 18.4. The average molecular weight is 344 g/mol. The van der Waals surface area contributed by atoms with E-state index in [0.717, 1.165) is 36.1 Å². The van der Waals surface area contributed by atoms with Crippen molar-refractivity contribution in [3.8, 4) is 11.5 Å². The number of unbranched alkanes of at least 4 members (excludes halogenated alkanes) is 2. The largest absolute Gasteiger partial charge is 0.508 e. The van der Waals surface area contributed by atoms with E-state index >= 15 is 0 Å². The van der Waals surface area contributed by atoms with Crippen LogP contribution in [0.3, 0.4) is 0 Å². The molecule has 0 spiro atoms. The summed E-state index contributed by atoms with van der Waals surface area (Å²) in [6.45, 7) is 10.7. The van der Waals surface area contributed by atoms with Crippen molar-refractivity contribution in [3.05, 3.63) is 23.3 Å². The van der Waals surface area contributed by atoms with E-state index in [-0.39, 0.29) is 22.5 Å². The number of aromatic hydroxyl groups is 1. The Balaban J connectivity index is 1.90. The van der Waals surface area contributed by atoms with Crippen molar-refractivity contribution in [2.45, 2.75) is 90.6 Å². The summed E-state index contributed by atoms with van der Waals surface area (Å²) in [6, 6.07) is 3.97. The second-order valence-corrected chi connectivity index (χ2v) is 9.18. The van der Waals surface area contributed by atoms with Crippen LogP contribution in [0.1, 0.15) is 90.2 Å². The van der Waals surface area contributed by atoms with E-state index in [1.54, 1.807) is 0 Å². The van der Waals surface area contributed by atoms with Crippen LogP contribution in [0.2, 0.25) is 0 Å². The van der Waals surface area contributed by atoms with Crippen LogP contribution in [0.25, 0.3) is 0 Å². The zero-order valence-corrected chi connectivity index (χ0v) is 16.3. The molecule has 0 bridgehead atoms. The van der Waals surface area contributed by atoms with Gasteiger partial charge in [0.25, 0.3) is 0 Å². The first-order chi connectivity index (χ1) is 11.7. The molecule has 0 saturated heterocycles. The number of hydrogen-bond acceptors (Lipinski definition) is 3. The average Bonchev–Trinajstić information content (AvgIpc) is 2.91. The third kappa shape index (κ3) is 3.18. The predicted octanol–water partition coefficient (Wildman–Crippen LogP) is 5.48. The van der Waals surface area contributed by atoms with Crippen molar-refractivity contribution in [2.24, 2.45) is 5.41 Å². The normalized spacial score (nSPS) is 24.6. The lowest BCUT2D eigenvalue weighted by Crippen LogP contribution is -2.43. The molecule has 138 valence electrons. The number of Topliss-reactive ketones (excluding diaryl/α,β-unsaturated/α-hetero) is 1. The third-order valence-electron chi connectivity index (χ3n) is 6.30. The number of carbonyl (C=O) groups excluding carboxylic acids is 1. The molecule has 1 aromatic carbocycles. The number of carbonyl (C=O) groups is 1. The predicted molar refractivity (Wildman–Crippen MR) is 100 cm³/mol. The van der Waals surface area contributed by atoms with Gasteiger partial charge in [-0.1, -0.05) is 53.9 Å². The molecule has 1 saturated carbocycles. The minimum Gasteiger partial charge on any atom is -0.508 e. The second kappa shape index (κ2) is 6.34. The Hall–Kier alpha value is -1.51. The highest BCUT2D eigenvalue weighted by Crippen LogP contribution is 2.53. The quantitative estimate of drug-likeness (QED) is 0.719. The molecule has 1 heterocycles. The van der Waals surface area contributed by atoms with E-state index < -0.39 is 6.10 Å². The lowest BCUT2D eigenvalue weighted by molar-refractivity contribution is -0.137. The van der Waals surface area contributed by atoms with Crippen LogP contribution >= 0.6 is 0 Å². The fourth-order valence-corrected chi connectivity index (χ4v) is 4.36. The van der Waals surface area contributed by atoms with Gasteiger partial charge in [-0.2, -0.15) is 0 Å². The van der Waals surface area contributed by atoms with Gasteiger partial charge < -0.3 is 9.84 Å². The molecule has 1 aromatic rings. The topological polar surface area (TPSA) is 46.5 Å². The summed E-state index contributed by atoms with van der Waals surface area (Å²) < 4.78 is 6.09. The SMILES string of the molecule is CCCCCC(C)(C)c1cc(O)c2c(c1)OC1C(=O)C(C)(C)CCC21. The van der Waals surface area contributed by atoms with Crippen molar-refractivity contribution in [2.75, 3.05) is 0 Å². The Morgan fingerprint density at radius 1 is 1.28 bits per heavy atom. The van der Waals surface area contributed by atoms with Crippen molar-refractivity contribution >= 4 is 5.78 Å². The number of hydrogen-bond donors (Lipinski definition) is 1. The second-order valence-electron chi connectivity index (χ2n) is 9.18. The van der Waals surface area contributed by atoms with Crippen LogP contribution in [0.5, 0.6) is 11.5 Å². The molecule has 3 rings (SSSR count). The summed E-state index contributed by atoms with van der Waals surface area (Å²) in [4.78, 5) is 12.8. The van der Waals surface area contributed by atoms with Gasteiger partial charge in [0, 0.05) is 16.9 Å². The molecule has 2 aliphatic rings. The maximum Gasteiger partial charge on any atom is 0.179 e. The molecule has 3 heteroatoms. The molecule has 1 fully saturated rings. The van der Waals surface area contributed by atoms with Gasteiger partial charge in [-0.05, 0) is 42.4 Å². The highest BCUT2D eigenvalue weighted by atomic mass is 16.5. The van der Waals surface area contributed by atoms with Gasteiger partial charge in [-0.15, -0.1) is 0 Å². The van der Waals surface area contributed by atoms with Crippen molar-refractivity contribution in [1.82, 2.24) is 0 Å². The molecule has 25 heavy (non-hydrogen) atoms. The maximum atomic E-state index is 12.8. The van der Waals surface area contributed by atoms with Gasteiger partial charge in [0.05, 0.1) is 0 Å². The van der Waals surface area contributed by atoms with Crippen LogP contribution in [-0.2, 0) is 10.2 Å². The Morgan fingerprint density at radius 3 is 2.68 bits per heavy atom. The highest BCUT2D eigenvalue weighted by molar-refractivity contribution is 5.91. The lowest BCUT2D eigenvalue weighted by atomic mass is 9.69. The Bertz CT molecular complexity index is 672. The molecule has 0 aromatic heterocycles. The summed E-state index contributed by atoms with van der Waals surface area (Å²) in [5.41, 5.74) is 1.61. The number of ketones is 1. The van der Waals surface area contributed by atoms with E-state index in [2.05, 4.69) is 26.8 Å². The summed E-state index contributed by atoms with van der Waals surface area (Å²) in [5, 5.41) is 10.7. The van der Waals surface area contributed by atoms with Crippen LogP contribution in [0, 0.1) is 5.41 Å². The molecule has 2 atom stereocenters. The van der Waals surface area contributed by atoms with Crippen molar-refractivity contribution in [3.63, 3.8) is 0 Å². The summed E-state index contributed by atoms with van der Waals surface area (Å²) >= 11 is 0. The first-order valence-corrected chi connectivity index (χ1v) is 9.76. The molecular weight excluding hydrogens is 312 g/mol. The van der Waals surface area contributed by atoms with Crippen molar-refractivity contribution < 1.29 is 14.6 Å². The number of ether oxygens (including phenoxy) is 1. The number of fused-ring (bicyclic) bond motifs is 3. The highest BCUT2D eigenvalue weighted by Gasteiger charge is 2.50. The molecule has 1 aliphatic carbocycles. The Labute approximate surface area is 151 Å². The number of phenolic OH excluding ortho intramolecular Hbond substituents is 1. The standard InChI is InChI=1S/C22H32O3/c1-6-7-8-10-21(2,3)14-12-16(23)18-15-9-11-22(4,5)20(24)19(15)25-17(18)13-14/h12-13,15,19,23H,6-11H2,1-5H3. The Kier molecular flexibility index (Phi) is 4.63. The minimum absolute atomic E-state index is 0.00720. The summed E-state index contributed by atoms with van der Waals surface area (Å²) in [7, 11) is 0. The van der Waals surface area contributed by atoms with Gasteiger partial charge in [0.15, 0.2) is 11.9 Å². The fraction of sp³-hybridized carbons (Fsp3) is 0.682. The first-order valence-electron chi connectivity index (χ1n) is 9.76. The number of phenols is 1. The Morgan fingerprint density at radius 2 is 2.00 bits per heavy atom. The van der Waals surface area contributed by atoms with Crippen LogP contribution in [0.15, 0.2) is 12.1 Å². The van der Waals surface area contributed by atoms with Crippen LogP contribution in [0.4, 0.5) is 0 Å². The van der Waals surface area contributed by atoms with Crippen molar-refractivity contribution in [1.29, 1.82) is 0 Å². The molecular formula is C22H32O3. The molecule has 1 aliphatic heterocycles. The van der Waals surface area contributed by atoms with Crippen LogP contribution < -0.4 is 4.74 Å². The van der Waals surface area contributed by atoms with Gasteiger partial charge in [-0.3, -0.25) is 4.79 Å². The smallest absolute Gasteiger partial charge is 0.179 e. The van der Waals surface area contributed by atoms with E-state index in [1.807, 2.05) is 19.9 Å². The molecule has 0 radical (unpaired) electrons. The molecule has 2 unspecified atom stereocenters. The molecule has 1 N–H and O–H groups in total. The minimum atomic E-state index is -0.428. The van der Waals surface area contributed by atoms with E-state index in [1.165, 1.54) is 19.3 Å².